The first-order valence-corrected chi connectivity index (χ1v) is 7.34. The van der Waals surface area contributed by atoms with Gasteiger partial charge in [0.25, 0.3) is 5.91 Å². The van der Waals surface area contributed by atoms with Crippen molar-refractivity contribution in [2.75, 3.05) is 18.1 Å². The molecule has 24 heavy (non-hydrogen) atoms. The molecule has 0 aliphatic carbocycles. The number of hydrogen-bond donors (Lipinski definition) is 2. The predicted molar refractivity (Wildman–Crippen MR) is 86.4 cm³/mol. The molecule has 1 heterocycles. The van der Waals surface area contributed by atoms with E-state index in [1.807, 2.05) is 30.3 Å². The zero-order valence-electron chi connectivity index (χ0n) is 12.7. The molecule has 0 saturated carbocycles. The van der Waals surface area contributed by atoms with Crippen molar-refractivity contribution in [2.45, 2.75) is 6.04 Å². The zero-order valence-corrected chi connectivity index (χ0v) is 12.7. The summed E-state index contributed by atoms with van der Waals surface area (Å²) in [4.78, 5) is 13.9. The van der Waals surface area contributed by atoms with Crippen LogP contribution in [0.25, 0.3) is 0 Å². The number of hydrogen-bond acceptors (Lipinski definition) is 4. The summed E-state index contributed by atoms with van der Waals surface area (Å²) in [6.45, 7) is 0.256. The van der Waals surface area contributed by atoms with E-state index < -0.39 is 5.82 Å². The molecule has 1 atom stereocenters. The van der Waals surface area contributed by atoms with Gasteiger partial charge >= 0.3 is 0 Å². The zero-order chi connectivity index (χ0) is 17.1. The normalized spacial score (nSPS) is 18.7. The number of carbonyl (C=O) groups is 1. The van der Waals surface area contributed by atoms with E-state index in [0.717, 1.165) is 5.56 Å². The van der Waals surface area contributed by atoms with Crippen LogP contribution in [0.2, 0.25) is 0 Å². The minimum Gasteiger partial charge on any atom is -0.409 e. The first kappa shape index (κ1) is 15.9. The number of amidine groups is 1. The van der Waals surface area contributed by atoms with E-state index in [-0.39, 0.29) is 30.0 Å². The van der Waals surface area contributed by atoms with Crippen LogP contribution in [0.4, 0.5) is 10.1 Å². The lowest BCUT2D eigenvalue weighted by Gasteiger charge is -2.36. The Labute approximate surface area is 137 Å². The summed E-state index contributed by atoms with van der Waals surface area (Å²) in [5.74, 6) is -1.26. The predicted octanol–water partition coefficient (Wildman–Crippen LogP) is 2.02. The Morgan fingerprint density at radius 3 is 2.71 bits per heavy atom. The lowest BCUT2D eigenvalue weighted by atomic mass is 10.0. The third kappa shape index (κ3) is 2.93. The molecule has 6 nitrogen and oxygen atoms in total. The van der Waals surface area contributed by atoms with Crippen LogP contribution in [-0.4, -0.2) is 30.2 Å². The fourth-order valence-corrected chi connectivity index (χ4v) is 2.74. The number of benzene rings is 2. The highest BCUT2D eigenvalue weighted by atomic mass is 19.1. The summed E-state index contributed by atoms with van der Waals surface area (Å²) in [6, 6.07) is 13.2. The van der Waals surface area contributed by atoms with Crippen LogP contribution in [0.5, 0.6) is 0 Å². The Morgan fingerprint density at radius 2 is 2.04 bits per heavy atom. The number of amides is 1. The molecule has 0 radical (unpaired) electrons. The van der Waals surface area contributed by atoms with Gasteiger partial charge in [0.1, 0.15) is 12.4 Å². The van der Waals surface area contributed by atoms with Crippen LogP contribution in [0.15, 0.2) is 53.7 Å². The number of oxime groups is 1. The minimum atomic E-state index is -0.672. The molecule has 3 rings (SSSR count). The molecule has 7 heteroatoms. The summed E-state index contributed by atoms with van der Waals surface area (Å²) in [5.41, 5.74) is 6.69. The Hall–Kier alpha value is -2.93. The third-order valence-corrected chi connectivity index (χ3v) is 3.88. The number of ether oxygens (including phenoxy) is 1. The monoisotopic (exact) mass is 329 g/mol. The molecule has 1 fully saturated rings. The molecule has 2 aromatic rings. The number of halogens is 1. The topological polar surface area (TPSA) is 88.2 Å². The van der Waals surface area contributed by atoms with Gasteiger partial charge in [-0.2, -0.15) is 0 Å². The van der Waals surface area contributed by atoms with E-state index in [2.05, 4.69) is 5.16 Å². The first-order valence-electron chi connectivity index (χ1n) is 7.34. The lowest BCUT2D eigenvalue weighted by Crippen LogP contribution is -2.44. The van der Waals surface area contributed by atoms with Crippen molar-refractivity contribution >= 4 is 17.4 Å². The van der Waals surface area contributed by atoms with Crippen molar-refractivity contribution in [1.82, 2.24) is 0 Å². The highest BCUT2D eigenvalue weighted by Gasteiger charge is 2.31. The molecule has 124 valence electrons. The second-order valence-electron chi connectivity index (χ2n) is 5.35. The van der Waals surface area contributed by atoms with Crippen LogP contribution >= 0.6 is 0 Å². The van der Waals surface area contributed by atoms with Crippen LogP contribution in [-0.2, 0) is 9.53 Å². The molecule has 3 N–H and O–H groups in total. The third-order valence-electron chi connectivity index (χ3n) is 3.88. The van der Waals surface area contributed by atoms with E-state index in [1.54, 1.807) is 6.07 Å². The Bertz CT molecular complexity index is 780. The molecular formula is C17H16FN3O3. The molecule has 0 aromatic heterocycles. The molecule has 1 amide bonds. The number of rotatable bonds is 3. The summed E-state index contributed by atoms with van der Waals surface area (Å²) in [5, 5.41) is 11.5. The molecule has 1 aliphatic heterocycles. The molecule has 0 bridgehead atoms. The van der Waals surface area contributed by atoms with E-state index in [1.165, 1.54) is 17.0 Å². The second-order valence-corrected chi connectivity index (χ2v) is 5.35. The van der Waals surface area contributed by atoms with E-state index >= 15 is 0 Å². The fraction of sp³-hybridized carbons (Fsp3) is 0.176. The van der Waals surface area contributed by atoms with Gasteiger partial charge in [0.15, 0.2) is 5.84 Å². The van der Waals surface area contributed by atoms with Gasteiger partial charge in [-0.1, -0.05) is 35.5 Å². The molecule has 1 aliphatic rings. The fourth-order valence-electron chi connectivity index (χ4n) is 2.74. The SMILES string of the molecule is NC(=NO)c1ccc(N2C(=O)COCC2c2ccccc2)cc1F. The van der Waals surface area contributed by atoms with Crippen LogP contribution in [0.3, 0.4) is 0 Å². The molecule has 0 spiro atoms. The van der Waals surface area contributed by atoms with Gasteiger partial charge in [-0.3, -0.25) is 4.79 Å². The number of morpholine rings is 1. The lowest BCUT2D eigenvalue weighted by molar-refractivity contribution is -0.127. The Kier molecular flexibility index (Phi) is 4.43. The largest absolute Gasteiger partial charge is 0.409 e. The maximum atomic E-state index is 14.3. The first-order chi connectivity index (χ1) is 11.6. The maximum Gasteiger partial charge on any atom is 0.253 e. The van der Waals surface area contributed by atoms with Gasteiger partial charge < -0.3 is 20.6 Å². The van der Waals surface area contributed by atoms with Crippen LogP contribution in [0.1, 0.15) is 17.2 Å². The number of nitrogens with two attached hydrogens (primary N) is 1. The number of nitrogens with zero attached hydrogens (tertiary/aromatic N) is 2. The van der Waals surface area contributed by atoms with Crippen LogP contribution < -0.4 is 10.6 Å². The number of carbonyl (C=O) groups excluding carboxylic acids is 1. The summed E-state index contributed by atoms with van der Waals surface area (Å²) >= 11 is 0. The van der Waals surface area contributed by atoms with Gasteiger partial charge in [-0.15, -0.1) is 0 Å². The van der Waals surface area contributed by atoms with Gasteiger partial charge in [0.05, 0.1) is 18.2 Å². The van der Waals surface area contributed by atoms with E-state index in [9.17, 15) is 9.18 Å². The smallest absolute Gasteiger partial charge is 0.253 e. The van der Waals surface area contributed by atoms with Gasteiger partial charge in [-0.25, -0.2) is 4.39 Å². The Morgan fingerprint density at radius 1 is 1.29 bits per heavy atom. The van der Waals surface area contributed by atoms with Crippen molar-refractivity contribution in [2.24, 2.45) is 10.9 Å². The van der Waals surface area contributed by atoms with Crippen molar-refractivity contribution in [3.63, 3.8) is 0 Å². The summed E-state index contributed by atoms with van der Waals surface area (Å²) in [7, 11) is 0. The highest BCUT2D eigenvalue weighted by molar-refractivity contribution is 5.99. The second kappa shape index (κ2) is 6.67. The molecule has 1 saturated heterocycles. The summed E-state index contributed by atoms with van der Waals surface area (Å²) in [6.07, 6.45) is 0. The van der Waals surface area contributed by atoms with E-state index in [0.29, 0.717) is 12.3 Å². The van der Waals surface area contributed by atoms with Crippen molar-refractivity contribution in [3.05, 3.63) is 65.5 Å². The van der Waals surface area contributed by atoms with Crippen molar-refractivity contribution in [3.8, 4) is 0 Å². The summed E-state index contributed by atoms with van der Waals surface area (Å²) < 4.78 is 19.6. The average molecular weight is 329 g/mol. The minimum absolute atomic E-state index is 0.0294. The maximum absolute atomic E-state index is 14.3. The van der Waals surface area contributed by atoms with Crippen molar-refractivity contribution in [1.29, 1.82) is 0 Å². The van der Waals surface area contributed by atoms with Gasteiger partial charge in [0, 0.05) is 5.69 Å². The quantitative estimate of drug-likeness (QED) is 0.390. The molecular weight excluding hydrogens is 313 g/mol. The highest BCUT2D eigenvalue weighted by Crippen LogP contribution is 2.31. The van der Waals surface area contributed by atoms with Gasteiger partial charge in [-0.05, 0) is 23.8 Å². The number of anilines is 1. The van der Waals surface area contributed by atoms with Crippen molar-refractivity contribution < 1.29 is 19.1 Å². The van der Waals surface area contributed by atoms with Gasteiger partial charge in [0.2, 0.25) is 0 Å². The molecule has 2 aromatic carbocycles. The van der Waals surface area contributed by atoms with Crippen LogP contribution in [0, 0.1) is 5.82 Å². The Balaban J connectivity index is 2.01. The molecule has 1 unspecified atom stereocenters. The van der Waals surface area contributed by atoms with E-state index in [4.69, 9.17) is 15.7 Å². The average Bonchev–Trinajstić information content (AvgIpc) is 2.61. The standard InChI is InChI=1S/C17H16FN3O3/c18-14-8-12(6-7-13(14)17(19)20-23)21-15(9-24-10-16(21)22)11-4-2-1-3-5-11/h1-8,15,23H,9-10H2,(H2,19,20).